The van der Waals surface area contributed by atoms with Gasteiger partial charge in [-0.3, -0.25) is 13.9 Å². The molecule has 0 spiro atoms. The van der Waals surface area contributed by atoms with Crippen molar-refractivity contribution in [1.82, 2.24) is 14.6 Å². The number of rotatable bonds is 10. The number of nitrogens with zero attached hydrogens (tertiary/aromatic N) is 2. The number of carbonyl (C=O) groups excluding carboxylic acids is 1. The van der Waals surface area contributed by atoms with Crippen LogP contribution in [0.1, 0.15) is 33.9 Å². The zero-order valence-corrected chi connectivity index (χ0v) is 20.7. The van der Waals surface area contributed by atoms with Crippen LogP contribution in [0.25, 0.3) is 0 Å². The number of Topliss-reactive ketones (excluding diaryl/α,β-unsaturated/α-hetero) is 1. The number of aliphatic hydroxyl groups excluding tert-OH is 1. The maximum Gasteiger partial charge on any atom is 0.459 e. The van der Waals surface area contributed by atoms with Gasteiger partial charge in [-0.25, -0.2) is 18.8 Å². The van der Waals surface area contributed by atoms with Crippen LogP contribution in [0.4, 0.5) is 10.2 Å². The Morgan fingerprint density at radius 2 is 2.03 bits per heavy atom. The van der Waals surface area contributed by atoms with Gasteiger partial charge in [0.1, 0.15) is 29.6 Å². The van der Waals surface area contributed by atoms with E-state index in [9.17, 15) is 19.3 Å². The monoisotopic (exact) mass is 512 g/mol. The number of ether oxygens (including phenoxy) is 1. The summed E-state index contributed by atoms with van der Waals surface area (Å²) in [5.74, 6) is -0.389. The van der Waals surface area contributed by atoms with E-state index in [4.69, 9.17) is 19.5 Å². The smallest absolute Gasteiger partial charge is 0.413 e. The van der Waals surface area contributed by atoms with Crippen LogP contribution in [-0.2, 0) is 18.6 Å². The number of hydrogen-bond donors (Lipinski definition) is 3. The summed E-state index contributed by atoms with van der Waals surface area (Å²) < 4.78 is 46.7. The molecule has 1 aromatic carbocycles. The van der Waals surface area contributed by atoms with E-state index in [2.05, 4.69) is 10.1 Å². The van der Waals surface area contributed by atoms with Crippen molar-refractivity contribution in [3.05, 3.63) is 53.1 Å². The Balaban J connectivity index is 1.83. The lowest BCUT2D eigenvalue weighted by Gasteiger charge is -2.27. The molecule has 2 aromatic rings. The van der Waals surface area contributed by atoms with Crippen LogP contribution in [0, 0.1) is 5.92 Å². The van der Waals surface area contributed by atoms with Gasteiger partial charge in [-0.15, -0.1) is 0 Å². The van der Waals surface area contributed by atoms with Crippen molar-refractivity contribution >= 4 is 19.3 Å². The summed E-state index contributed by atoms with van der Waals surface area (Å²) in [5, 5.41) is 13.2. The maximum absolute atomic E-state index is 15.5. The minimum Gasteiger partial charge on any atom is -0.413 e. The van der Waals surface area contributed by atoms with Gasteiger partial charge in [0.25, 0.3) is 0 Å². The molecule has 35 heavy (non-hydrogen) atoms. The first-order valence-corrected chi connectivity index (χ1v) is 12.5. The molecule has 0 radical (unpaired) electrons. The molecule has 11 nitrogen and oxygen atoms in total. The number of aliphatic hydroxyl groups is 1. The van der Waals surface area contributed by atoms with Crippen LogP contribution in [0.2, 0.25) is 0 Å². The summed E-state index contributed by atoms with van der Waals surface area (Å²) in [6, 6.07) is 8.57. The fraction of sp³-hybridized carbons (Fsp3) is 0.500. The van der Waals surface area contributed by atoms with Crippen molar-refractivity contribution in [2.24, 2.45) is 5.92 Å². The zero-order valence-electron chi connectivity index (χ0n) is 19.8. The number of aromatic nitrogens is 2. The second kappa shape index (κ2) is 10.5. The SMILES string of the molecule is CC(=O)[C@@H](NP(=O)(OC[C@H]1O[C@@H](n2ccc(N)nc2=O)[C@](C)(F)[C@@H]1O)Oc1ccccc1)C(C)C. The number of halogens is 1. The van der Waals surface area contributed by atoms with Crippen LogP contribution in [0.15, 0.2) is 47.4 Å². The van der Waals surface area contributed by atoms with Gasteiger partial charge < -0.3 is 20.1 Å². The highest BCUT2D eigenvalue weighted by Crippen LogP contribution is 2.47. The Hall–Kier alpha value is -2.63. The van der Waals surface area contributed by atoms with Gasteiger partial charge in [-0.05, 0) is 38.0 Å². The van der Waals surface area contributed by atoms with E-state index in [0.29, 0.717) is 0 Å². The number of alkyl halides is 1. The van der Waals surface area contributed by atoms with Crippen LogP contribution in [0.5, 0.6) is 5.75 Å². The second-order valence-corrected chi connectivity index (χ2v) is 10.5. The molecular weight excluding hydrogens is 482 g/mol. The highest BCUT2D eigenvalue weighted by molar-refractivity contribution is 7.52. The molecule has 1 aromatic heterocycles. The van der Waals surface area contributed by atoms with Crippen molar-refractivity contribution in [1.29, 1.82) is 0 Å². The molecule has 1 aliphatic rings. The Kier molecular flexibility index (Phi) is 8.13. The molecule has 0 aliphatic carbocycles. The molecule has 0 saturated carbocycles. The lowest BCUT2D eigenvalue weighted by atomic mass is 9.98. The molecule has 0 bridgehead atoms. The zero-order chi connectivity index (χ0) is 26.0. The molecule has 13 heteroatoms. The lowest BCUT2D eigenvalue weighted by Crippen LogP contribution is -2.43. The number of ketones is 1. The summed E-state index contributed by atoms with van der Waals surface area (Å²) in [6.45, 7) is 5.34. The Bertz CT molecular complexity index is 1140. The third kappa shape index (κ3) is 6.14. The number of nitrogens with one attached hydrogen (secondary N) is 1. The summed E-state index contributed by atoms with van der Waals surface area (Å²) >= 11 is 0. The highest BCUT2D eigenvalue weighted by atomic mass is 31.2. The number of para-hydroxylation sites is 1. The predicted molar refractivity (Wildman–Crippen MR) is 125 cm³/mol. The first-order chi connectivity index (χ1) is 16.3. The standard InChI is InChI=1S/C22H30FN4O7P/c1-13(2)18(14(3)28)26-35(31,34-15-8-6-5-7-9-15)32-12-16-19(29)22(4,23)20(33-16)27-11-10-17(24)25-21(27)30/h5-11,13,16,18-20,29H,12H2,1-4H3,(H,26,31)(H2,24,25,30)/t16-,18+,19-,20-,22-,35?/m1/s1. The quantitative estimate of drug-likeness (QED) is 0.404. The van der Waals surface area contributed by atoms with E-state index in [0.717, 1.165) is 11.5 Å². The minimum absolute atomic E-state index is 0.0551. The third-order valence-electron chi connectivity index (χ3n) is 5.60. The molecule has 6 atom stereocenters. The van der Waals surface area contributed by atoms with Gasteiger partial charge >= 0.3 is 13.4 Å². The number of carbonyl (C=O) groups is 1. The topological polar surface area (TPSA) is 155 Å². The molecule has 192 valence electrons. The van der Waals surface area contributed by atoms with Crippen molar-refractivity contribution in [3.8, 4) is 5.75 Å². The van der Waals surface area contributed by atoms with Gasteiger partial charge in [0.15, 0.2) is 11.9 Å². The first-order valence-electron chi connectivity index (χ1n) is 11.0. The van der Waals surface area contributed by atoms with Crippen molar-refractivity contribution in [2.75, 3.05) is 12.3 Å². The van der Waals surface area contributed by atoms with Crippen LogP contribution in [0.3, 0.4) is 0 Å². The van der Waals surface area contributed by atoms with E-state index in [1.54, 1.807) is 44.2 Å². The van der Waals surface area contributed by atoms with Gasteiger partial charge in [0.2, 0.25) is 0 Å². The molecule has 2 heterocycles. The van der Waals surface area contributed by atoms with E-state index < -0.39 is 50.2 Å². The van der Waals surface area contributed by atoms with Crippen molar-refractivity contribution < 1.29 is 32.6 Å². The number of nitrogens with two attached hydrogens (primary N) is 1. The van der Waals surface area contributed by atoms with E-state index in [1.807, 2.05) is 0 Å². The van der Waals surface area contributed by atoms with Crippen LogP contribution in [-0.4, -0.2) is 51.0 Å². The molecule has 0 amide bonds. The molecular formula is C22H30FN4O7P. The fourth-order valence-corrected chi connectivity index (χ4v) is 5.46. The van der Waals surface area contributed by atoms with E-state index in [1.165, 1.54) is 19.2 Å². The molecule has 4 N–H and O–H groups in total. The molecule has 1 saturated heterocycles. The Morgan fingerprint density at radius 3 is 2.60 bits per heavy atom. The average Bonchev–Trinajstić information content (AvgIpc) is 3.00. The number of anilines is 1. The lowest BCUT2D eigenvalue weighted by molar-refractivity contribution is -0.119. The third-order valence-corrected chi connectivity index (χ3v) is 7.14. The van der Waals surface area contributed by atoms with Gasteiger partial charge in [-0.1, -0.05) is 32.0 Å². The fourth-order valence-electron chi connectivity index (χ4n) is 3.72. The molecule has 1 fully saturated rings. The van der Waals surface area contributed by atoms with Gasteiger partial charge in [0.05, 0.1) is 12.6 Å². The van der Waals surface area contributed by atoms with Crippen LogP contribution >= 0.6 is 7.75 Å². The van der Waals surface area contributed by atoms with Gasteiger partial charge in [-0.2, -0.15) is 4.98 Å². The number of hydrogen-bond acceptors (Lipinski definition) is 9. The van der Waals surface area contributed by atoms with Crippen molar-refractivity contribution in [2.45, 2.75) is 57.8 Å². The Labute approximate surface area is 202 Å². The van der Waals surface area contributed by atoms with E-state index in [-0.39, 0.29) is 23.3 Å². The van der Waals surface area contributed by atoms with E-state index >= 15 is 4.39 Å². The maximum atomic E-state index is 15.5. The summed E-state index contributed by atoms with van der Waals surface area (Å²) in [5.41, 5.74) is 2.19. The largest absolute Gasteiger partial charge is 0.459 e. The predicted octanol–water partition coefficient (Wildman–Crippen LogP) is 2.22. The summed E-state index contributed by atoms with van der Waals surface area (Å²) in [4.78, 5) is 27.9. The molecule has 1 aliphatic heterocycles. The minimum atomic E-state index is -4.22. The number of nitrogen functional groups attached to an aromatic ring is 1. The second-order valence-electron chi connectivity index (χ2n) is 8.82. The normalized spacial score (nSPS) is 26.9. The van der Waals surface area contributed by atoms with Gasteiger partial charge in [0, 0.05) is 6.20 Å². The Morgan fingerprint density at radius 1 is 1.37 bits per heavy atom. The van der Waals surface area contributed by atoms with Crippen molar-refractivity contribution in [3.63, 3.8) is 0 Å². The van der Waals surface area contributed by atoms with Crippen LogP contribution < -0.4 is 21.0 Å². The summed E-state index contributed by atoms with van der Waals surface area (Å²) in [7, 11) is -4.22. The highest BCUT2D eigenvalue weighted by Gasteiger charge is 2.56. The average molecular weight is 512 g/mol. The molecule has 1 unspecified atom stereocenters. The number of benzene rings is 1. The molecule has 3 rings (SSSR count). The first kappa shape index (κ1) is 27.0. The summed E-state index contributed by atoms with van der Waals surface area (Å²) in [6.07, 6.45) is -3.43.